The van der Waals surface area contributed by atoms with Crippen LogP contribution in [0.3, 0.4) is 0 Å². The van der Waals surface area contributed by atoms with Gasteiger partial charge in [0.2, 0.25) is 11.8 Å². The van der Waals surface area contributed by atoms with Gasteiger partial charge in [-0.2, -0.15) is 0 Å². The number of nitrogens with one attached hydrogen (secondary N) is 3. The third-order valence-electron chi connectivity index (χ3n) is 7.35. The Morgan fingerprint density at radius 1 is 0.700 bits per heavy atom. The third kappa shape index (κ3) is 23.1. The number of hydrogen-bond donors (Lipinski definition) is 4. The largest absolute Gasteiger partial charge is 0.354 e. The number of carbonyl (C=O) groups excluding carboxylic acids is 2. The molecule has 0 fully saturated rings. The Hall–Kier alpha value is -1.63. The van der Waals surface area contributed by atoms with Crippen LogP contribution in [0.15, 0.2) is 30.3 Å². The second-order valence-electron chi connectivity index (χ2n) is 11.0. The number of rotatable bonds is 27. The van der Waals surface area contributed by atoms with Crippen molar-refractivity contribution in [3.8, 4) is 0 Å². The number of nitrogens with two attached hydrogens (primary N) is 1. The maximum atomic E-state index is 12.6. The number of benzene rings is 1. The topological polar surface area (TPSA) is 96.2 Å². The molecule has 0 bridgehead atoms. The van der Waals surface area contributed by atoms with Crippen LogP contribution < -0.4 is 21.7 Å². The van der Waals surface area contributed by atoms with Crippen molar-refractivity contribution in [2.24, 2.45) is 5.73 Å². The Kier molecular flexibility index (Phi) is 27.7. The number of hydrogen-bond acceptors (Lipinski definition) is 4. The highest BCUT2D eigenvalue weighted by Crippen LogP contribution is 2.13. The maximum Gasteiger partial charge on any atom is 0.242 e. The molecule has 0 spiro atoms. The third-order valence-corrected chi connectivity index (χ3v) is 7.35. The van der Waals surface area contributed by atoms with Gasteiger partial charge in [-0.05, 0) is 31.5 Å². The van der Waals surface area contributed by atoms with Crippen LogP contribution in [0.5, 0.6) is 0 Å². The number of amides is 2. The van der Waals surface area contributed by atoms with E-state index in [0.29, 0.717) is 32.5 Å². The summed E-state index contributed by atoms with van der Waals surface area (Å²) in [6.45, 7) is 4.91. The van der Waals surface area contributed by atoms with Crippen LogP contribution in [0.1, 0.15) is 128 Å². The van der Waals surface area contributed by atoms with Gasteiger partial charge in [-0.25, -0.2) is 0 Å². The summed E-state index contributed by atoms with van der Waals surface area (Å²) in [6, 6.07) is 9.23. The van der Waals surface area contributed by atoms with Gasteiger partial charge in [-0.1, -0.05) is 134 Å². The number of unbranched alkanes of at least 4 members (excludes halogenated alkanes) is 15. The molecule has 0 heterocycles. The molecule has 1 aromatic rings. The molecule has 0 saturated heterocycles. The van der Waals surface area contributed by atoms with Gasteiger partial charge < -0.3 is 21.7 Å². The SMILES string of the molecule is CCCCCCCCCCCCCCCCCCNCCC(=O)N[C@@H](Cc1ccccc1)C(=O)NCCCN.Cl. The van der Waals surface area contributed by atoms with Gasteiger partial charge in [0.25, 0.3) is 0 Å². The minimum atomic E-state index is -0.571. The van der Waals surface area contributed by atoms with Crippen molar-refractivity contribution >= 4 is 24.2 Å². The van der Waals surface area contributed by atoms with Crippen LogP contribution in [0.4, 0.5) is 0 Å². The van der Waals surface area contributed by atoms with E-state index in [9.17, 15) is 9.59 Å². The summed E-state index contributed by atoms with van der Waals surface area (Å²) in [5.74, 6) is -0.244. The van der Waals surface area contributed by atoms with Crippen molar-refractivity contribution in [3.05, 3.63) is 35.9 Å². The zero-order valence-corrected chi connectivity index (χ0v) is 26.3. The van der Waals surface area contributed by atoms with Crippen LogP contribution in [-0.4, -0.2) is 44.0 Å². The van der Waals surface area contributed by atoms with Gasteiger partial charge >= 0.3 is 0 Å². The Balaban J connectivity index is 0.0000152. The van der Waals surface area contributed by atoms with Crippen LogP contribution in [0, 0.1) is 0 Å². The van der Waals surface area contributed by atoms with Crippen molar-refractivity contribution in [3.63, 3.8) is 0 Å². The van der Waals surface area contributed by atoms with E-state index in [4.69, 9.17) is 5.73 Å². The molecule has 0 radical (unpaired) electrons. The fraction of sp³-hybridized carbons (Fsp3) is 0.758. The van der Waals surface area contributed by atoms with E-state index in [1.807, 2.05) is 30.3 Å². The molecule has 0 unspecified atom stereocenters. The lowest BCUT2D eigenvalue weighted by Crippen LogP contribution is -2.48. The molecule has 0 aromatic heterocycles. The average Bonchev–Trinajstić information content (AvgIpc) is 2.94. The molecular weight excluding hydrogens is 520 g/mol. The molecule has 1 atom stereocenters. The smallest absolute Gasteiger partial charge is 0.242 e. The van der Waals surface area contributed by atoms with E-state index >= 15 is 0 Å². The summed E-state index contributed by atoms with van der Waals surface area (Å²) in [7, 11) is 0. The second kappa shape index (κ2) is 28.9. The summed E-state index contributed by atoms with van der Waals surface area (Å²) < 4.78 is 0. The number of halogens is 1. The van der Waals surface area contributed by atoms with Crippen molar-refractivity contribution < 1.29 is 9.59 Å². The fourth-order valence-corrected chi connectivity index (χ4v) is 4.89. The molecule has 40 heavy (non-hydrogen) atoms. The van der Waals surface area contributed by atoms with E-state index in [0.717, 1.165) is 24.9 Å². The molecule has 0 aliphatic rings. The highest BCUT2D eigenvalue weighted by Gasteiger charge is 2.20. The Morgan fingerprint density at radius 3 is 1.75 bits per heavy atom. The van der Waals surface area contributed by atoms with E-state index in [1.54, 1.807) is 0 Å². The van der Waals surface area contributed by atoms with Gasteiger partial charge in [0.15, 0.2) is 0 Å². The van der Waals surface area contributed by atoms with Crippen LogP contribution in [0.25, 0.3) is 0 Å². The van der Waals surface area contributed by atoms with Gasteiger partial charge in [0.05, 0.1) is 0 Å². The van der Waals surface area contributed by atoms with Gasteiger partial charge in [-0.3, -0.25) is 9.59 Å². The zero-order valence-electron chi connectivity index (χ0n) is 25.5. The lowest BCUT2D eigenvalue weighted by atomic mass is 10.0. The lowest BCUT2D eigenvalue weighted by Gasteiger charge is -2.19. The zero-order chi connectivity index (χ0) is 28.2. The van der Waals surface area contributed by atoms with Gasteiger partial charge in [0.1, 0.15) is 6.04 Å². The normalized spacial score (nSPS) is 11.6. The van der Waals surface area contributed by atoms with Gasteiger partial charge in [0, 0.05) is 25.9 Å². The minimum Gasteiger partial charge on any atom is -0.354 e. The Morgan fingerprint density at radius 2 is 1.23 bits per heavy atom. The van der Waals surface area contributed by atoms with Gasteiger partial charge in [-0.15, -0.1) is 12.4 Å². The first-order valence-corrected chi connectivity index (χ1v) is 16.2. The molecule has 7 heteroatoms. The van der Waals surface area contributed by atoms with E-state index in [2.05, 4.69) is 22.9 Å². The maximum absolute atomic E-state index is 12.6. The summed E-state index contributed by atoms with van der Waals surface area (Å²) >= 11 is 0. The summed E-state index contributed by atoms with van der Waals surface area (Å²) in [5, 5.41) is 9.20. The van der Waals surface area contributed by atoms with Crippen molar-refractivity contribution in [2.75, 3.05) is 26.2 Å². The summed E-state index contributed by atoms with van der Waals surface area (Å²) in [4.78, 5) is 25.1. The molecule has 1 rings (SSSR count). The molecule has 232 valence electrons. The first-order chi connectivity index (χ1) is 19.2. The molecule has 6 nitrogen and oxygen atoms in total. The molecule has 1 aromatic carbocycles. The molecule has 2 amide bonds. The molecule has 0 saturated carbocycles. The standard InChI is InChI=1S/C33H60N4O2.ClH/c1-2-3-4-5-6-7-8-9-10-11-12-13-14-15-16-20-26-35-28-24-32(38)37-31(33(39)36-27-21-25-34)29-30-22-18-17-19-23-30;/h17-19,22-23,31,35H,2-16,20-21,24-29,34H2,1H3,(H,36,39)(H,37,38);1H/t31-;/m0./s1. The van der Waals surface area contributed by atoms with Crippen LogP contribution in [0.2, 0.25) is 0 Å². The average molecular weight is 581 g/mol. The quantitative estimate of drug-likeness (QED) is 0.0856. The monoisotopic (exact) mass is 580 g/mol. The fourth-order valence-electron chi connectivity index (χ4n) is 4.89. The molecule has 0 aliphatic carbocycles. The Labute approximate surface area is 252 Å². The van der Waals surface area contributed by atoms with Crippen LogP contribution >= 0.6 is 12.4 Å². The second-order valence-corrected chi connectivity index (χ2v) is 11.0. The van der Waals surface area contributed by atoms with Crippen molar-refractivity contribution in [1.82, 2.24) is 16.0 Å². The first-order valence-electron chi connectivity index (χ1n) is 16.2. The van der Waals surface area contributed by atoms with E-state index in [1.165, 1.54) is 96.3 Å². The molecular formula is C33H61ClN4O2. The lowest BCUT2D eigenvalue weighted by molar-refractivity contribution is -0.128. The van der Waals surface area contributed by atoms with Crippen molar-refractivity contribution in [1.29, 1.82) is 0 Å². The first kappa shape index (κ1) is 38.4. The highest BCUT2D eigenvalue weighted by atomic mass is 35.5. The molecule has 5 N–H and O–H groups in total. The number of carbonyl (C=O) groups is 2. The Bertz CT molecular complexity index is 705. The van der Waals surface area contributed by atoms with E-state index in [-0.39, 0.29) is 24.2 Å². The summed E-state index contributed by atoms with van der Waals surface area (Å²) in [5.41, 5.74) is 6.55. The summed E-state index contributed by atoms with van der Waals surface area (Å²) in [6.07, 6.45) is 23.5. The van der Waals surface area contributed by atoms with Crippen LogP contribution in [-0.2, 0) is 16.0 Å². The highest BCUT2D eigenvalue weighted by molar-refractivity contribution is 5.87. The minimum absolute atomic E-state index is 0. The predicted molar refractivity (Wildman–Crippen MR) is 173 cm³/mol. The van der Waals surface area contributed by atoms with Crippen molar-refractivity contribution in [2.45, 2.75) is 135 Å². The predicted octanol–water partition coefficient (Wildman–Crippen LogP) is 6.84. The van der Waals surface area contributed by atoms with E-state index < -0.39 is 6.04 Å². The molecule has 0 aliphatic heterocycles.